The molecule has 1 N–H and O–H groups in total. The lowest BCUT2D eigenvalue weighted by Crippen LogP contribution is -2.37. The van der Waals surface area contributed by atoms with E-state index in [-0.39, 0.29) is 0 Å². The highest BCUT2D eigenvalue weighted by atomic mass is 32.1. The Morgan fingerprint density at radius 1 is 1.47 bits per heavy atom. The molecule has 1 atom stereocenters. The second kappa shape index (κ2) is 5.64. The van der Waals surface area contributed by atoms with E-state index in [1.54, 1.807) is 11.3 Å². The summed E-state index contributed by atoms with van der Waals surface area (Å²) in [4.78, 5) is 2.56. The van der Waals surface area contributed by atoms with Gasteiger partial charge in [-0.1, -0.05) is 0 Å². The van der Waals surface area contributed by atoms with Gasteiger partial charge in [-0.25, -0.2) is 0 Å². The number of thiophene rings is 1. The van der Waals surface area contributed by atoms with Crippen LogP contribution in [0.5, 0.6) is 0 Å². The molecule has 3 heteroatoms. The molecule has 84 valence electrons. The van der Waals surface area contributed by atoms with Crippen molar-refractivity contribution in [2.45, 2.75) is 32.4 Å². The van der Waals surface area contributed by atoms with Crippen molar-refractivity contribution in [1.82, 2.24) is 10.2 Å². The van der Waals surface area contributed by atoms with Crippen molar-refractivity contribution in [1.29, 1.82) is 0 Å². The van der Waals surface area contributed by atoms with Crippen molar-refractivity contribution in [3.05, 3.63) is 22.4 Å². The van der Waals surface area contributed by atoms with E-state index in [1.807, 2.05) is 0 Å². The maximum absolute atomic E-state index is 3.58. The third-order valence-electron chi connectivity index (χ3n) is 2.97. The van der Waals surface area contributed by atoms with Crippen LogP contribution in [0.3, 0.4) is 0 Å². The number of hydrogen-bond donors (Lipinski definition) is 1. The normalized spacial score (nSPS) is 19.5. The summed E-state index contributed by atoms with van der Waals surface area (Å²) in [6, 6.07) is 2.79. The first-order valence-corrected chi connectivity index (χ1v) is 6.75. The molecule has 1 unspecified atom stereocenters. The molecule has 0 aliphatic carbocycles. The Hall–Kier alpha value is -0.380. The van der Waals surface area contributed by atoms with Crippen LogP contribution in [0.2, 0.25) is 0 Å². The largest absolute Gasteiger partial charge is 0.309 e. The molecule has 2 nitrogen and oxygen atoms in total. The first-order valence-electron chi connectivity index (χ1n) is 5.81. The SMILES string of the molecule is CC(CN1CCCC1)NCc1ccsc1. The van der Waals surface area contributed by atoms with Crippen molar-refractivity contribution in [3.63, 3.8) is 0 Å². The Morgan fingerprint density at radius 2 is 2.27 bits per heavy atom. The molecule has 1 aromatic rings. The first kappa shape index (κ1) is 11.1. The van der Waals surface area contributed by atoms with Gasteiger partial charge in [-0.2, -0.15) is 11.3 Å². The van der Waals surface area contributed by atoms with Crippen molar-refractivity contribution in [3.8, 4) is 0 Å². The Kier molecular flexibility index (Phi) is 4.18. The lowest BCUT2D eigenvalue weighted by molar-refractivity contribution is 0.298. The summed E-state index contributed by atoms with van der Waals surface area (Å²) in [5.74, 6) is 0. The molecule has 1 aliphatic rings. The molecule has 2 rings (SSSR count). The molecule has 1 fully saturated rings. The van der Waals surface area contributed by atoms with Crippen molar-refractivity contribution in [2.75, 3.05) is 19.6 Å². The molecule has 0 bridgehead atoms. The van der Waals surface area contributed by atoms with Gasteiger partial charge in [0.25, 0.3) is 0 Å². The molecule has 1 aliphatic heterocycles. The van der Waals surface area contributed by atoms with E-state index < -0.39 is 0 Å². The summed E-state index contributed by atoms with van der Waals surface area (Å²) >= 11 is 1.77. The van der Waals surface area contributed by atoms with Crippen LogP contribution in [-0.4, -0.2) is 30.6 Å². The van der Waals surface area contributed by atoms with Crippen molar-refractivity contribution in [2.24, 2.45) is 0 Å². The van der Waals surface area contributed by atoms with Crippen LogP contribution in [0, 0.1) is 0 Å². The predicted molar refractivity (Wildman–Crippen MR) is 66.3 cm³/mol. The molecule has 2 heterocycles. The van der Waals surface area contributed by atoms with Gasteiger partial charge in [-0.05, 0) is 55.2 Å². The lowest BCUT2D eigenvalue weighted by Gasteiger charge is -2.21. The first-order chi connectivity index (χ1) is 7.34. The zero-order valence-electron chi connectivity index (χ0n) is 9.41. The molecule has 0 spiro atoms. The summed E-state index contributed by atoms with van der Waals surface area (Å²) in [7, 11) is 0. The van der Waals surface area contributed by atoms with E-state index in [1.165, 1.54) is 38.0 Å². The Labute approximate surface area is 96.3 Å². The van der Waals surface area contributed by atoms with Crippen LogP contribution in [0.4, 0.5) is 0 Å². The second-order valence-electron chi connectivity index (χ2n) is 4.42. The Bertz CT molecular complexity index is 265. The van der Waals surface area contributed by atoms with Crippen LogP contribution in [0.1, 0.15) is 25.3 Å². The number of hydrogen-bond acceptors (Lipinski definition) is 3. The van der Waals surface area contributed by atoms with E-state index in [4.69, 9.17) is 0 Å². The maximum atomic E-state index is 3.58. The lowest BCUT2D eigenvalue weighted by atomic mass is 10.2. The highest BCUT2D eigenvalue weighted by Gasteiger charge is 2.13. The molecule has 1 aromatic heterocycles. The fourth-order valence-corrected chi connectivity index (χ4v) is 2.77. The van der Waals surface area contributed by atoms with Gasteiger partial charge in [0.2, 0.25) is 0 Å². The van der Waals surface area contributed by atoms with Gasteiger partial charge in [-0.3, -0.25) is 0 Å². The smallest absolute Gasteiger partial charge is 0.0216 e. The molecule has 1 saturated heterocycles. The van der Waals surface area contributed by atoms with E-state index in [9.17, 15) is 0 Å². The van der Waals surface area contributed by atoms with E-state index in [2.05, 4.69) is 34.0 Å². The zero-order valence-corrected chi connectivity index (χ0v) is 10.2. The summed E-state index contributed by atoms with van der Waals surface area (Å²) in [5, 5.41) is 7.94. The molecule has 0 saturated carbocycles. The Balaban J connectivity index is 1.66. The van der Waals surface area contributed by atoms with Gasteiger partial charge >= 0.3 is 0 Å². The monoisotopic (exact) mass is 224 g/mol. The summed E-state index contributed by atoms with van der Waals surface area (Å²) in [6.07, 6.45) is 2.77. The van der Waals surface area contributed by atoms with Crippen LogP contribution in [0.15, 0.2) is 16.8 Å². The average Bonchev–Trinajstić information content (AvgIpc) is 2.86. The summed E-state index contributed by atoms with van der Waals surface area (Å²) in [6.45, 7) is 7.09. The highest BCUT2D eigenvalue weighted by molar-refractivity contribution is 7.07. The summed E-state index contributed by atoms with van der Waals surface area (Å²) < 4.78 is 0. The fraction of sp³-hybridized carbons (Fsp3) is 0.667. The number of rotatable bonds is 5. The molecule has 0 amide bonds. The topological polar surface area (TPSA) is 15.3 Å². The molecular weight excluding hydrogens is 204 g/mol. The van der Waals surface area contributed by atoms with Crippen LogP contribution in [0.25, 0.3) is 0 Å². The number of nitrogens with one attached hydrogen (secondary N) is 1. The highest BCUT2D eigenvalue weighted by Crippen LogP contribution is 2.08. The molecule has 0 aromatic carbocycles. The van der Waals surface area contributed by atoms with E-state index >= 15 is 0 Å². The van der Waals surface area contributed by atoms with Crippen molar-refractivity contribution < 1.29 is 0 Å². The third-order valence-corrected chi connectivity index (χ3v) is 3.70. The standard InChI is InChI=1S/C12H20N2S/c1-11(9-14-5-2-3-6-14)13-8-12-4-7-15-10-12/h4,7,10-11,13H,2-3,5-6,8-9H2,1H3. The van der Waals surface area contributed by atoms with E-state index in [0.717, 1.165) is 6.54 Å². The number of nitrogens with zero attached hydrogens (tertiary/aromatic N) is 1. The van der Waals surface area contributed by atoms with Gasteiger partial charge in [0.15, 0.2) is 0 Å². The van der Waals surface area contributed by atoms with Gasteiger partial charge in [0.05, 0.1) is 0 Å². The third kappa shape index (κ3) is 3.59. The minimum absolute atomic E-state index is 0.600. The second-order valence-corrected chi connectivity index (χ2v) is 5.20. The Morgan fingerprint density at radius 3 is 2.93 bits per heavy atom. The van der Waals surface area contributed by atoms with Crippen LogP contribution in [-0.2, 0) is 6.54 Å². The predicted octanol–water partition coefficient (Wildman–Crippen LogP) is 2.32. The average molecular weight is 224 g/mol. The minimum atomic E-state index is 0.600. The molecular formula is C12H20N2S. The maximum Gasteiger partial charge on any atom is 0.0216 e. The van der Waals surface area contributed by atoms with Gasteiger partial charge in [0, 0.05) is 19.1 Å². The molecule has 0 radical (unpaired) electrons. The summed E-state index contributed by atoms with van der Waals surface area (Å²) in [5.41, 5.74) is 1.41. The number of likely N-dealkylation sites (tertiary alicyclic amines) is 1. The van der Waals surface area contributed by atoms with Crippen molar-refractivity contribution >= 4 is 11.3 Å². The quantitative estimate of drug-likeness (QED) is 0.826. The van der Waals surface area contributed by atoms with Gasteiger partial charge < -0.3 is 10.2 Å². The van der Waals surface area contributed by atoms with Gasteiger partial charge in [-0.15, -0.1) is 0 Å². The van der Waals surface area contributed by atoms with Crippen LogP contribution >= 0.6 is 11.3 Å². The van der Waals surface area contributed by atoms with Gasteiger partial charge in [0.1, 0.15) is 0 Å². The minimum Gasteiger partial charge on any atom is -0.309 e. The van der Waals surface area contributed by atoms with E-state index in [0.29, 0.717) is 6.04 Å². The molecule has 15 heavy (non-hydrogen) atoms. The van der Waals surface area contributed by atoms with Crippen LogP contribution < -0.4 is 5.32 Å². The fourth-order valence-electron chi connectivity index (χ4n) is 2.10. The zero-order chi connectivity index (χ0) is 10.5.